The van der Waals surface area contributed by atoms with Crippen LogP contribution in [0.25, 0.3) is 11.5 Å². The number of halogens is 3. The molecule has 0 spiro atoms. The predicted molar refractivity (Wildman–Crippen MR) is 92.7 cm³/mol. The Morgan fingerprint density at radius 2 is 1.93 bits per heavy atom. The minimum absolute atomic E-state index is 0.188. The molecule has 1 atom stereocenters. The van der Waals surface area contributed by atoms with Crippen LogP contribution < -0.4 is 15.6 Å². The van der Waals surface area contributed by atoms with E-state index in [1.807, 2.05) is 0 Å². The highest BCUT2D eigenvalue weighted by atomic mass is 19.4. The van der Waals surface area contributed by atoms with Gasteiger partial charge in [-0.05, 0) is 37.3 Å². The van der Waals surface area contributed by atoms with E-state index in [9.17, 15) is 22.8 Å². The molecule has 1 unspecified atom stereocenters. The van der Waals surface area contributed by atoms with Crippen molar-refractivity contribution >= 4 is 11.6 Å². The number of furan rings is 1. The molecule has 0 saturated heterocycles. The number of aromatic nitrogens is 2. The summed E-state index contributed by atoms with van der Waals surface area (Å²) >= 11 is 0. The van der Waals surface area contributed by atoms with Crippen LogP contribution >= 0.6 is 0 Å². The summed E-state index contributed by atoms with van der Waals surface area (Å²) in [7, 11) is 0. The maximum atomic E-state index is 12.5. The summed E-state index contributed by atoms with van der Waals surface area (Å²) in [5, 5.41) is 6.42. The van der Waals surface area contributed by atoms with Crippen LogP contribution in [0.4, 0.5) is 18.9 Å². The second kappa shape index (κ2) is 7.59. The van der Waals surface area contributed by atoms with Gasteiger partial charge in [0.05, 0.1) is 12.0 Å². The lowest BCUT2D eigenvalue weighted by Gasteiger charge is -2.17. The minimum Gasteiger partial charge on any atom is -0.463 e. The molecule has 0 aliphatic carbocycles. The van der Waals surface area contributed by atoms with Gasteiger partial charge in [0.25, 0.3) is 5.56 Å². The van der Waals surface area contributed by atoms with Crippen LogP contribution in [0.3, 0.4) is 0 Å². The van der Waals surface area contributed by atoms with Crippen LogP contribution in [0, 0.1) is 0 Å². The van der Waals surface area contributed by atoms with E-state index < -0.39 is 29.6 Å². The van der Waals surface area contributed by atoms with Crippen molar-refractivity contribution in [3.05, 3.63) is 65.1 Å². The summed E-state index contributed by atoms with van der Waals surface area (Å²) in [5.74, 6) is -0.921. The molecule has 0 bridgehead atoms. The van der Waals surface area contributed by atoms with Gasteiger partial charge in [-0.15, -0.1) is 13.2 Å². The van der Waals surface area contributed by atoms with E-state index in [-0.39, 0.29) is 5.69 Å². The van der Waals surface area contributed by atoms with Crippen molar-refractivity contribution in [2.24, 2.45) is 0 Å². The van der Waals surface area contributed by atoms with Crippen molar-refractivity contribution in [1.29, 1.82) is 0 Å². The van der Waals surface area contributed by atoms with Gasteiger partial charge in [0.2, 0.25) is 5.91 Å². The monoisotopic (exact) mass is 393 g/mol. The molecule has 0 saturated carbocycles. The first-order valence-corrected chi connectivity index (χ1v) is 8.04. The van der Waals surface area contributed by atoms with E-state index in [0.717, 1.165) is 10.7 Å². The smallest absolute Gasteiger partial charge is 0.463 e. The fourth-order valence-electron chi connectivity index (χ4n) is 2.39. The number of rotatable bonds is 5. The molecule has 0 radical (unpaired) electrons. The molecular weight excluding hydrogens is 379 g/mol. The second-order valence-corrected chi connectivity index (χ2v) is 5.69. The Balaban J connectivity index is 1.85. The lowest BCUT2D eigenvalue weighted by atomic mass is 10.2. The first-order chi connectivity index (χ1) is 13.2. The second-order valence-electron chi connectivity index (χ2n) is 5.69. The van der Waals surface area contributed by atoms with Gasteiger partial charge in [-0.3, -0.25) is 9.59 Å². The maximum absolute atomic E-state index is 12.5. The van der Waals surface area contributed by atoms with Gasteiger partial charge in [0, 0.05) is 6.07 Å². The third-order valence-corrected chi connectivity index (χ3v) is 3.72. The number of carbonyl (C=O) groups excluding carboxylic acids is 1. The van der Waals surface area contributed by atoms with Crippen LogP contribution in [0.1, 0.15) is 13.0 Å². The third-order valence-electron chi connectivity index (χ3n) is 3.72. The van der Waals surface area contributed by atoms with E-state index in [0.29, 0.717) is 11.5 Å². The molecule has 7 nitrogen and oxygen atoms in total. The number of amides is 1. The summed E-state index contributed by atoms with van der Waals surface area (Å²) in [6.45, 7) is 1.39. The standard InChI is InChI=1S/C18H14F3N3O4/c1-11(24-16(25)9-8-13(23-24)14-7-4-10-27-14)17(26)22-12-5-2-3-6-15(12)28-18(19,20)21/h2-11H,1H3,(H,22,26). The average molecular weight is 393 g/mol. The number of para-hydroxylation sites is 2. The Bertz CT molecular complexity index is 1030. The largest absolute Gasteiger partial charge is 0.573 e. The number of ether oxygens (including phenoxy) is 1. The number of nitrogens with zero attached hydrogens (tertiary/aromatic N) is 2. The Morgan fingerprint density at radius 1 is 1.18 bits per heavy atom. The number of alkyl halides is 3. The molecule has 2 heterocycles. The van der Waals surface area contributed by atoms with E-state index in [1.165, 1.54) is 43.5 Å². The summed E-state index contributed by atoms with van der Waals surface area (Å²) in [5.41, 5.74) is -0.422. The molecule has 3 aromatic rings. The van der Waals surface area contributed by atoms with E-state index in [1.54, 1.807) is 12.1 Å². The normalized spacial score (nSPS) is 12.4. The van der Waals surface area contributed by atoms with Crippen LogP contribution in [0.5, 0.6) is 5.75 Å². The molecular formula is C18H14F3N3O4. The number of anilines is 1. The fraction of sp³-hybridized carbons (Fsp3) is 0.167. The van der Waals surface area contributed by atoms with Gasteiger partial charge in [-0.2, -0.15) is 5.10 Å². The van der Waals surface area contributed by atoms with E-state index in [4.69, 9.17) is 4.42 Å². The molecule has 0 fully saturated rings. The molecule has 1 aromatic carbocycles. The summed E-state index contributed by atoms with van der Waals surface area (Å²) in [4.78, 5) is 24.6. The van der Waals surface area contributed by atoms with Crippen molar-refractivity contribution in [3.8, 4) is 17.2 Å². The molecule has 146 valence electrons. The van der Waals surface area contributed by atoms with E-state index >= 15 is 0 Å². The van der Waals surface area contributed by atoms with Crippen LogP contribution in [0.2, 0.25) is 0 Å². The molecule has 1 N–H and O–H groups in total. The Labute approximate surface area is 156 Å². The van der Waals surface area contributed by atoms with Crippen LogP contribution in [-0.4, -0.2) is 22.1 Å². The zero-order valence-electron chi connectivity index (χ0n) is 14.4. The van der Waals surface area contributed by atoms with Gasteiger partial charge in [-0.25, -0.2) is 4.68 Å². The number of benzene rings is 1. The molecule has 10 heteroatoms. The third kappa shape index (κ3) is 4.40. The molecule has 0 aliphatic rings. The molecule has 0 aliphatic heterocycles. The highest BCUT2D eigenvalue weighted by molar-refractivity contribution is 5.94. The van der Waals surface area contributed by atoms with Crippen LogP contribution in [0.15, 0.2) is 64.0 Å². The van der Waals surface area contributed by atoms with Crippen molar-refractivity contribution in [1.82, 2.24) is 9.78 Å². The molecule has 28 heavy (non-hydrogen) atoms. The summed E-state index contributed by atoms with van der Waals surface area (Å²) < 4.78 is 47.6. The molecule has 1 amide bonds. The fourth-order valence-corrected chi connectivity index (χ4v) is 2.39. The lowest BCUT2D eigenvalue weighted by molar-refractivity contribution is -0.274. The average Bonchev–Trinajstić information content (AvgIpc) is 3.16. The Hall–Kier alpha value is -3.56. The number of nitrogens with one attached hydrogen (secondary N) is 1. The summed E-state index contributed by atoms with van der Waals surface area (Å²) in [6.07, 6.45) is -3.48. The van der Waals surface area contributed by atoms with Gasteiger partial charge in [-0.1, -0.05) is 12.1 Å². The highest BCUT2D eigenvalue weighted by Crippen LogP contribution is 2.30. The van der Waals surface area contributed by atoms with Crippen molar-refractivity contribution in [2.75, 3.05) is 5.32 Å². The highest BCUT2D eigenvalue weighted by Gasteiger charge is 2.32. The minimum atomic E-state index is -4.91. The van der Waals surface area contributed by atoms with Crippen LogP contribution in [-0.2, 0) is 4.79 Å². The Kier molecular flexibility index (Phi) is 5.21. The number of hydrogen-bond acceptors (Lipinski definition) is 5. The topological polar surface area (TPSA) is 86.4 Å². The van der Waals surface area contributed by atoms with Gasteiger partial charge in [0.15, 0.2) is 11.5 Å². The molecule has 2 aromatic heterocycles. The molecule has 3 rings (SSSR count). The summed E-state index contributed by atoms with van der Waals surface area (Å²) in [6, 6.07) is 9.90. The van der Waals surface area contributed by atoms with Gasteiger partial charge >= 0.3 is 6.36 Å². The van der Waals surface area contributed by atoms with Crippen molar-refractivity contribution in [2.45, 2.75) is 19.3 Å². The first kappa shape index (κ1) is 19.2. The number of hydrogen-bond donors (Lipinski definition) is 1. The predicted octanol–water partition coefficient (Wildman–Crippen LogP) is 3.60. The Morgan fingerprint density at radius 3 is 2.61 bits per heavy atom. The maximum Gasteiger partial charge on any atom is 0.573 e. The van der Waals surface area contributed by atoms with Crippen molar-refractivity contribution < 1.29 is 27.1 Å². The lowest BCUT2D eigenvalue weighted by Crippen LogP contribution is -2.33. The van der Waals surface area contributed by atoms with Gasteiger partial charge in [0.1, 0.15) is 11.7 Å². The quantitative estimate of drug-likeness (QED) is 0.716. The number of carbonyl (C=O) groups is 1. The first-order valence-electron chi connectivity index (χ1n) is 8.04. The zero-order chi connectivity index (χ0) is 20.3. The van der Waals surface area contributed by atoms with E-state index in [2.05, 4.69) is 15.2 Å². The van der Waals surface area contributed by atoms with Crippen molar-refractivity contribution in [3.63, 3.8) is 0 Å². The zero-order valence-corrected chi connectivity index (χ0v) is 14.4. The van der Waals surface area contributed by atoms with Gasteiger partial charge < -0.3 is 14.5 Å². The SMILES string of the molecule is CC(C(=O)Nc1ccccc1OC(F)(F)F)n1nc(-c2ccco2)ccc1=O.